The van der Waals surface area contributed by atoms with Gasteiger partial charge in [0.25, 0.3) is 0 Å². The molecule has 0 fully saturated rings. The number of hydrogen-bond donors (Lipinski definition) is 0. The van der Waals surface area contributed by atoms with Gasteiger partial charge in [0.2, 0.25) is 5.89 Å². The molecule has 0 spiro atoms. The molecule has 0 amide bonds. The zero-order chi connectivity index (χ0) is 15.1. The molecule has 4 nitrogen and oxygen atoms in total. The highest BCUT2D eigenvalue weighted by Crippen LogP contribution is 2.29. The van der Waals surface area contributed by atoms with Crippen molar-refractivity contribution in [1.29, 1.82) is 0 Å². The highest BCUT2D eigenvalue weighted by atomic mass is 79.9. The molecule has 1 aromatic carbocycles. The summed E-state index contributed by atoms with van der Waals surface area (Å²) in [5, 5.41) is -0.310. The van der Waals surface area contributed by atoms with E-state index in [1.807, 2.05) is 18.4 Å². The number of benzene rings is 1. The topological polar surface area (TPSA) is 43.9 Å². The Kier molecular flexibility index (Phi) is 3.75. The number of hydrogen-bond acceptors (Lipinski definition) is 3. The van der Waals surface area contributed by atoms with Crippen LogP contribution in [0, 0.1) is 12.7 Å². The van der Waals surface area contributed by atoms with Crippen molar-refractivity contribution in [3.8, 4) is 0 Å². The third kappa shape index (κ3) is 2.70. The van der Waals surface area contributed by atoms with Crippen LogP contribution >= 0.6 is 27.5 Å². The van der Waals surface area contributed by atoms with Crippen molar-refractivity contribution >= 4 is 38.6 Å². The fraction of sp³-hybridized carbons (Fsp3) is 0.286. The molecule has 0 radical (unpaired) electrons. The lowest BCUT2D eigenvalue weighted by molar-refractivity contribution is 0.456. The van der Waals surface area contributed by atoms with E-state index in [4.69, 9.17) is 16.0 Å². The Morgan fingerprint density at radius 3 is 2.86 bits per heavy atom. The van der Waals surface area contributed by atoms with Crippen LogP contribution in [0.1, 0.15) is 29.8 Å². The molecule has 0 aliphatic carbocycles. The fourth-order valence-corrected chi connectivity index (χ4v) is 2.72. The molecule has 0 bridgehead atoms. The number of oxazole rings is 1. The van der Waals surface area contributed by atoms with E-state index in [1.165, 1.54) is 6.07 Å². The zero-order valence-electron chi connectivity index (χ0n) is 11.4. The van der Waals surface area contributed by atoms with Crippen molar-refractivity contribution in [2.45, 2.75) is 25.8 Å². The molecule has 7 heteroatoms. The van der Waals surface area contributed by atoms with Gasteiger partial charge in [0.15, 0.2) is 0 Å². The molecule has 0 aliphatic heterocycles. The summed E-state index contributed by atoms with van der Waals surface area (Å²) in [6.45, 7) is 4.06. The maximum Gasteiger partial charge on any atom is 0.214 e. The van der Waals surface area contributed by atoms with Gasteiger partial charge in [0.05, 0.1) is 27.1 Å². The molecule has 1 unspecified atom stereocenters. The number of alkyl halides is 1. The van der Waals surface area contributed by atoms with Crippen molar-refractivity contribution in [3.63, 3.8) is 0 Å². The Hall–Kier alpha value is -1.40. The van der Waals surface area contributed by atoms with Crippen LogP contribution in [0.15, 0.2) is 27.2 Å². The van der Waals surface area contributed by atoms with Crippen molar-refractivity contribution in [2.75, 3.05) is 0 Å². The molecule has 0 saturated carbocycles. The third-order valence-electron chi connectivity index (χ3n) is 3.14. The van der Waals surface area contributed by atoms with Crippen molar-refractivity contribution in [2.24, 2.45) is 0 Å². The second-order valence-corrected chi connectivity index (χ2v) is 6.30. The van der Waals surface area contributed by atoms with Gasteiger partial charge in [0, 0.05) is 6.07 Å². The minimum Gasteiger partial charge on any atom is -0.444 e. The lowest BCUT2D eigenvalue weighted by atomic mass is 10.3. The van der Waals surface area contributed by atoms with Crippen LogP contribution in [0.5, 0.6) is 0 Å². The Morgan fingerprint density at radius 1 is 1.48 bits per heavy atom. The average Bonchev–Trinajstić information content (AvgIpc) is 2.96. The van der Waals surface area contributed by atoms with Gasteiger partial charge in [-0.3, -0.25) is 0 Å². The van der Waals surface area contributed by atoms with E-state index < -0.39 is 0 Å². The number of fused-ring (bicyclic) bond motifs is 1. The van der Waals surface area contributed by atoms with Gasteiger partial charge in [-0.05, 0) is 35.8 Å². The van der Waals surface area contributed by atoms with Crippen molar-refractivity contribution < 1.29 is 8.81 Å². The minimum atomic E-state index is -0.354. The largest absolute Gasteiger partial charge is 0.444 e. The molecule has 3 aromatic rings. The van der Waals surface area contributed by atoms with E-state index in [-0.39, 0.29) is 11.2 Å². The summed E-state index contributed by atoms with van der Waals surface area (Å²) in [6, 6.07) is 3.08. The predicted octanol–water partition coefficient (Wildman–Crippen LogP) is 4.58. The first-order chi connectivity index (χ1) is 9.95. The van der Waals surface area contributed by atoms with E-state index in [0.717, 1.165) is 11.3 Å². The second kappa shape index (κ2) is 5.42. The number of rotatable bonds is 3. The molecule has 0 saturated heterocycles. The molecule has 2 aromatic heterocycles. The first-order valence-electron chi connectivity index (χ1n) is 6.36. The van der Waals surface area contributed by atoms with E-state index in [1.54, 1.807) is 12.3 Å². The van der Waals surface area contributed by atoms with Crippen LogP contribution in [0.3, 0.4) is 0 Å². The van der Waals surface area contributed by atoms with Crippen molar-refractivity contribution in [1.82, 2.24) is 14.5 Å². The first kappa shape index (κ1) is 14.5. The van der Waals surface area contributed by atoms with Crippen molar-refractivity contribution in [3.05, 3.63) is 46.1 Å². The van der Waals surface area contributed by atoms with Gasteiger partial charge in [-0.25, -0.2) is 14.4 Å². The first-order valence-corrected chi connectivity index (χ1v) is 7.59. The number of nitrogens with zero attached hydrogens (tertiary/aromatic N) is 3. The maximum absolute atomic E-state index is 13.7. The van der Waals surface area contributed by atoms with E-state index in [2.05, 4.69) is 25.9 Å². The van der Waals surface area contributed by atoms with E-state index in [0.29, 0.717) is 28.2 Å². The predicted molar refractivity (Wildman–Crippen MR) is 82.0 cm³/mol. The number of aryl methyl sites for hydroxylation is 1. The maximum atomic E-state index is 13.7. The molecule has 21 heavy (non-hydrogen) atoms. The summed E-state index contributed by atoms with van der Waals surface area (Å²) in [4.78, 5) is 8.61. The van der Waals surface area contributed by atoms with Crippen LogP contribution in [-0.4, -0.2) is 14.5 Å². The summed E-state index contributed by atoms with van der Waals surface area (Å²) >= 11 is 9.39. The Bertz CT molecular complexity index is 812. The summed E-state index contributed by atoms with van der Waals surface area (Å²) < 4.78 is 21.4. The molecular weight excluding hydrogens is 361 g/mol. The van der Waals surface area contributed by atoms with Crippen LogP contribution in [0.2, 0.25) is 0 Å². The monoisotopic (exact) mass is 371 g/mol. The molecule has 110 valence electrons. The summed E-state index contributed by atoms with van der Waals surface area (Å²) in [7, 11) is 0. The molecule has 0 N–H and O–H groups in total. The quantitative estimate of drug-likeness (QED) is 0.632. The van der Waals surface area contributed by atoms with Gasteiger partial charge < -0.3 is 8.98 Å². The van der Waals surface area contributed by atoms with E-state index >= 15 is 0 Å². The molecule has 2 heterocycles. The number of halogens is 3. The highest BCUT2D eigenvalue weighted by Gasteiger charge is 2.18. The number of aromatic nitrogens is 3. The highest BCUT2D eigenvalue weighted by molar-refractivity contribution is 9.10. The SMILES string of the molecule is Cc1cnc(Cn2c(C(C)Cl)nc3cc(F)c(Br)cc32)o1. The smallest absolute Gasteiger partial charge is 0.214 e. The molecule has 1 atom stereocenters. The number of imidazole rings is 1. The standard InChI is InChI=1S/C14H12BrClFN3O/c1-7-5-18-13(21-7)6-20-12-3-9(15)10(17)4-11(12)19-14(20)8(2)16/h3-5,8H,6H2,1-2H3. The summed E-state index contributed by atoms with van der Waals surface area (Å²) in [5.41, 5.74) is 1.34. The fourth-order valence-electron chi connectivity index (χ4n) is 2.22. The van der Waals surface area contributed by atoms with Crippen LogP contribution in [0.25, 0.3) is 11.0 Å². The van der Waals surface area contributed by atoms with Gasteiger partial charge in [0.1, 0.15) is 23.9 Å². The van der Waals surface area contributed by atoms with Crippen LogP contribution in [0.4, 0.5) is 4.39 Å². The average molecular weight is 373 g/mol. The van der Waals surface area contributed by atoms with Crippen LogP contribution in [-0.2, 0) is 6.54 Å². The Labute approximate surface area is 134 Å². The van der Waals surface area contributed by atoms with E-state index in [9.17, 15) is 4.39 Å². The zero-order valence-corrected chi connectivity index (χ0v) is 13.7. The molecule has 0 aliphatic rings. The second-order valence-electron chi connectivity index (χ2n) is 4.79. The van der Waals surface area contributed by atoms with Gasteiger partial charge in [-0.1, -0.05) is 0 Å². The Balaban J connectivity index is 2.17. The normalized spacial score (nSPS) is 13.0. The van der Waals surface area contributed by atoms with Gasteiger partial charge >= 0.3 is 0 Å². The lowest BCUT2D eigenvalue weighted by Crippen LogP contribution is -2.06. The third-order valence-corrected chi connectivity index (χ3v) is 3.94. The Morgan fingerprint density at radius 2 is 2.24 bits per heavy atom. The van der Waals surface area contributed by atoms with Gasteiger partial charge in [-0.2, -0.15) is 0 Å². The van der Waals surface area contributed by atoms with Gasteiger partial charge in [-0.15, -0.1) is 11.6 Å². The minimum absolute atomic E-state index is 0.310. The summed E-state index contributed by atoms with van der Waals surface area (Å²) in [5.74, 6) is 1.60. The lowest BCUT2D eigenvalue weighted by Gasteiger charge is -2.08. The molecular formula is C14H12BrClFN3O. The molecule has 3 rings (SSSR count). The van der Waals surface area contributed by atoms with Crippen LogP contribution < -0.4 is 0 Å². The summed E-state index contributed by atoms with van der Waals surface area (Å²) in [6.07, 6.45) is 1.66.